The van der Waals surface area contributed by atoms with E-state index in [0.717, 1.165) is 18.1 Å². The molecule has 25 nitrogen and oxygen atoms in total. The van der Waals surface area contributed by atoms with Crippen LogP contribution in [-0.2, 0) is 44.5 Å². The van der Waals surface area contributed by atoms with Crippen molar-refractivity contribution in [2.24, 2.45) is 20.5 Å². The third-order valence-electron chi connectivity index (χ3n) is 8.60. The van der Waals surface area contributed by atoms with Gasteiger partial charge in [0.2, 0.25) is 17.8 Å². The quantitative estimate of drug-likeness (QED) is 0.00956. The van der Waals surface area contributed by atoms with Gasteiger partial charge in [-0.25, -0.2) is 5.26 Å². The number of rotatable bonds is 23. The van der Waals surface area contributed by atoms with Crippen LogP contribution in [0.15, 0.2) is 115 Å². The molecule has 66 heavy (non-hydrogen) atoms. The molecule has 1 aliphatic heterocycles. The highest BCUT2D eigenvalue weighted by Gasteiger charge is 2.20. The van der Waals surface area contributed by atoms with E-state index in [1.165, 1.54) is 36.4 Å². The molecule has 1 saturated heterocycles. The van der Waals surface area contributed by atoms with Crippen molar-refractivity contribution in [1.29, 1.82) is 0 Å². The van der Waals surface area contributed by atoms with Crippen molar-refractivity contribution >= 4 is 94.4 Å². The summed E-state index contributed by atoms with van der Waals surface area (Å²) in [6.07, 6.45) is -0.145. The minimum Gasteiger partial charge on any atom is -0.491 e. The molecule has 1 aromatic heterocycles. The number of nitrogens with one attached hydrogen (secondary N) is 2. The second kappa shape index (κ2) is 23.0. The van der Waals surface area contributed by atoms with Crippen LogP contribution in [0.1, 0.15) is 12.8 Å². The van der Waals surface area contributed by atoms with E-state index in [1.54, 1.807) is 42.5 Å². The molecule has 1 fully saturated rings. The molecule has 352 valence electrons. The topological polar surface area (TPSA) is 345 Å². The number of hydrogen-bond donors (Lipinski definition) is 6. The number of benzene rings is 4. The number of azo groups is 2. The molecule has 0 bridgehead atoms. The van der Waals surface area contributed by atoms with Gasteiger partial charge in [-0.15, -0.1) is 4.33 Å². The zero-order chi connectivity index (χ0) is 47.2. The molecule has 0 radical (unpaired) electrons. The van der Waals surface area contributed by atoms with Crippen molar-refractivity contribution in [1.82, 2.24) is 15.0 Å². The van der Waals surface area contributed by atoms with Crippen LogP contribution in [0.5, 0.6) is 11.5 Å². The van der Waals surface area contributed by atoms with Gasteiger partial charge in [-0.05, 0) is 73.5 Å². The number of ether oxygens (including phenoxy) is 3. The Bertz CT molecular complexity index is 2870. The van der Waals surface area contributed by atoms with Gasteiger partial charge >= 0.3 is 0 Å². The Morgan fingerprint density at radius 2 is 1.15 bits per heavy atom. The standard InChI is InChI=1S/C37H40N10O15S4/c48-61-62-63-29-7-1-5-25(21-29)43-45-27-9-11-31(33(23-27)59-15-3-19-64(49,50)51)38-35-40-36(42-37(41-35)47-13-17-58-18-14-47)39-32-12-10-28(24-34(32)60-16-4-20-65(52,53)54)46-44-26-6-2-8-30(22-26)66(55,56)57/h1-2,5-12,21-24,48H,3-4,13-20H2,(H,49,50,51)(H,52,53,54)(H,55,56,57)(H2,38,39,40,41,42). The molecule has 0 unspecified atom stereocenters. The fourth-order valence-corrected chi connectivity index (χ4v) is 7.55. The lowest BCUT2D eigenvalue weighted by molar-refractivity contribution is -0.432. The lowest BCUT2D eigenvalue weighted by Gasteiger charge is -2.27. The zero-order valence-corrected chi connectivity index (χ0v) is 37.4. The summed E-state index contributed by atoms with van der Waals surface area (Å²) in [5, 5.41) is 35.1. The molecule has 6 rings (SSSR count). The van der Waals surface area contributed by atoms with Crippen LogP contribution < -0.4 is 25.0 Å². The fraction of sp³-hybridized carbons (Fsp3) is 0.270. The number of hydrogen-bond acceptors (Lipinski definition) is 23. The maximum Gasteiger partial charge on any atom is 0.294 e. The van der Waals surface area contributed by atoms with E-state index in [2.05, 4.69) is 55.4 Å². The second-order valence-electron chi connectivity index (χ2n) is 13.6. The van der Waals surface area contributed by atoms with Gasteiger partial charge in [0, 0.05) is 30.1 Å². The van der Waals surface area contributed by atoms with E-state index in [-0.39, 0.29) is 77.4 Å². The first-order chi connectivity index (χ1) is 31.5. The van der Waals surface area contributed by atoms with Crippen LogP contribution in [-0.4, -0.2) is 110 Å². The minimum absolute atomic E-state index is 0.00516. The van der Waals surface area contributed by atoms with E-state index in [9.17, 15) is 38.9 Å². The summed E-state index contributed by atoms with van der Waals surface area (Å²) in [5.41, 5.74) is 1.66. The molecule has 0 amide bonds. The van der Waals surface area contributed by atoms with Crippen molar-refractivity contribution < 1.29 is 67.8 Å². The molecule has 2 heterocycles. The van der Waals surface area contributed by atoms with Crippen molar-refractivity contribution in [3.63, 3.8) is 0 Å². The average Bonchev–Trinajstić information content (AvgIpc) is 3.28. The summed E-state index contributed by atoms with van der Waals surface area (Å²) in [4.78, 5) is 15.9. The molecule has 6 N–H and O–H groups in total. The first-order valence-electron chi connectivity index (χ1n) is 19.2. The smallest absolute Gasteiger partial charge is 0.294 e. The van der Waals surface area contributed by atoms with Gasteiger partial charge in [-0.2, -0.15) is 60.7 Å². The molecular weight excluding hydrogens is 953 g/mol. The van der Waals surface area contributed by atoms with Crippen LogP contribution in [0.3, 0.4) is 0 Å². The van der Waals surface area contributed by atoms with Crippen LogP contribution >= 0.6 is 12.0 Å². The predicted molar refractivity (Wildman–Crippen MR) is 237 cm³/mol. The van der Waals surface area contributed by atoms with Gasteiger partial charge < -0.3 is 29.7 Å². The first kappa shape index (κ1) is 49.4. The summed E-state index contributed by atoms with van der Waals surface area (Å²) >= 11 is 0.741. The summed E-state index contributed by atoms with van der Waals surface area (Å²) in [5.74, 6) is -0.568. The van der Waals surface area contributed by atoms with Gasteiger partial charge in [-0.1, -0.05) is 17.2 Å². The summed E-state index contributed by atoms with van der Waals surface area (Å²) in [6.45, 7) is 1.34. The zero-order valence-electron chi connectivity index (χ0n) is 34.1. The molecule has 4 aromatic carbocycles. The number of aromatic nitrogens is 3. The lowest BCUT2D eigenvalue weighted by atomic mass is 10.2. The van der Waals surface area contributed by atoms with Crippen molar-refractivity contribution in [3.8, 4) is 11.5 Å². The molecule has 5 aromatic rings. The average molecular weight is 993 g/mol. The van der Waals surface area contributed by atoms with Crippen LogP contribution in [0.25, 0.3) is 0 Å². The molecule has 1 aliphatic rings. The van der Waals surface area contributed by atoms with Gasteiger partial charge in [0.15, 0.2) is 0 Å². The largest absolute Gasteiger partial charge is 0.491 e. The van der Waals surface area contributed by atoms with Crippen LogP contribution in [0, 0.1) is 0 Å². The SMILES string of the molecule is O=S(=O)(O)CCCOc1cc(N=Nc2cccc(SOOO)c2)ccc1Nc1nc(Nc2ccc(N=Nc3cccc(S(=O)(=O)O)c3)cc2OCCCS(=O)(=O)O)nc(N2CCOCC2)n1. The molecule has 0 aliphatic carbocycles. The Labute approximate surface area is 381 Å². The Morgan fingerprint density at radius 1 is 0.652 bits per heavy atom. The summed E-state index contributed by atoms with van der Waals surface area (Å²) in [7, 11) is -13.1. The number of anilines is 5. The van der Waals surface area contributed by atoms with Crippen LogP contribution in [0.2, 0.25) is 0 Å². The Balaban J connectivity index is 1.32. The van der Waals surface area contributed by atoms with E-state index in [0.29, 0.717) is 48.3 Å². The highest BCUT2D eigenvalue weighted by molar-refractivity contribution is 7.94. The van der Waals surface area contributed by atoms with Gasteiger partial charge in [0.05, 0.1) is 89.0 Å². The second-order valence-corrected chi connectivity index (χ2v) is 18.9. The van der Waals surface area contributed by atoms with Crippen molar-refractivity contribution in [3.05, 3.63) is 84.9 Å². The molecule has 0 saturated carbocycles. The van der Waals surface area contributed by atoms with E-state index >= 15 is 0 Å². The Hall–Kier alpha value is -5.99. The predicted octanol–water partition coefficient (Wildman–Crippen LogP) is 7.01. The maximum atomic E-state index is 11.6. The third kappa shape index (κ3) is 16.2. The number of nitrogens with zero attached hydrogens (tertiary/aromatic N) is 8. The monoisotopic (exact) mass is 992 g/mol. The van der Waals surface area contributed by atoms with E-state index in [1.807, 2.05) is 4.90 Å². The van der Waals surface area contributed by atoms with Gasteiger partial charge in [0.1, 0.15) is 11.5 Å². The van der Waals surface area contributed by atoms with Crippen molar-refractivity contribution in [2.45, 2.75) is 22.6 Å². The van der Waals surface area contributed by atoms with Gasteiger partial charge in [-0.3, -0.25) is 13.7 Å². The maximum absolute atomic E-state index is 11.6. The third-order valence-corrected chi connectivity index (χ3v) is 11.6. The highest BCUT2D eigenvalue weighted by atomic mass is 32.2. The molecule has 0 spiro atoms. The normalized spacial score (nSPS) is 13.6. The minimum atomic E-state index is -4.50. The Kier molecular flexibility index (Phi) is 17.2. The van der Waals surface area contributed by atoms with E-state index in [4.69, 9.17) is 19.5 Å². The molecule has 29 heteroatoms. The van der Waals surface area contributed by atoms with E-state index < -0.39 is 41.9 Å². The summed E-state index contributed by atoms with van der Waals surface area (Å²) < 4.78 is 119. The lowest BCUT2D eigenvalue weighted by Crippen LogP contribution is -2.37. The molecular formula is C37H40N10O15S4. The Morgan fingerprint density at radius 3 is 1.65 bits per heavy atom. The first-order valence-corrected chi connectivity index (χ1v) is 24.6. The highest BCUT2D eigenvalue weighted by Crippen LogP contribution is 2.36. The van der Waals surface area contributed by atoms with Crippen molar-refractivity contribution in [2.75, 3.05) is 66.6 Å². The summed E-state index contributed by atoms with van der Waals surface area (Å²) in [6, 6.07) is 21.1. The number of morpholine rings is 1. The fourth-order valence-electron chi connectivity index (χ4n) is 5.65. The molecule has 0 atom stereocenters. The van der Waals surface area contributed by atoms with Gasteiger partial charge in [0.25, 0.3) is 30.4 Å². The van der Waals surface area contributed by atoms with Crippen LogP contribution in [0.4, 0.5) is 52.0 Å².